The molecule has 0 aromatic rings. The van der Waals surface area contributed by atoms with Crippen molar-refractivity contribution in [3.05, 3.63) is 0 Å². The zero-order valence-corrected chi connectivity index (χ0v) is 12.2. The third-order valence-corrected chi connectivity index (χ3v) is 2.69. The molecule has 0 radical (unpaired) electrons. The van der Waals surface area contributed by atoms with Crippen LogP contribution in [0.25, 0.3) is 0 Å². The number of nitrogens with one attached hydrogen (secondary N) is 1. The highest BCUT2D eigenvalue weighted by Gasteiger charge is 2.25. The summed E-state index contributed by atoms with van der Waals surface area (Å²) in [6, 6.07) is 0. The summed E-state index contributed by atoms with van der Waals surface area (Å²) in [6.45, 7) is 7.27. The van der Waals surface area contributed by atoms with Gasteiger partial charge < -0.3 is 10.1 Å². The Labute approximate surface area is 115 Å². The van der Waals surface area contributed by atoms with E-state index in [0.717, 1.165) is 38.8 Å². The lowest BCUT2D eigenvalue weighted by Gasteiger charge is -2.08. The van der Waals surface area contributed by atoms with Crippen LogP contribution >= 0.6 is 0 Å². The minimum Gasteiger partial charge on any atom is -0.381 e. The van der Waals surface area contributed by atoms with Gasteiger partial charge in [0.1, 0.15) is 0 Å². The van der Waals surface area contributed by atoms with Gasteiger partial charge in [0, 0.05) is 19.6 Å². The van der Waals surface area contributed by atoms with Gasteiger partial charge in [-0.1, -0.05) is 26.7 Å². The molecular weight excluding hydrogens is 255 g/mol. The lowest BCUT2D eigenvalue weighted by Crippen LogP contribution is -2.20. The van der Waals surface area contributed by atoms with Gasteiger partial charge in [0.15, 0.2) is 0 Å². The molecule has 1 N–H and O–H groups in total. The molecule has 0 rings (SSSR count). The number of unbranched alkanes of at least 4 members (excludes halogenated alkanes) is 3. The van der Waals surface area contributed by atoms with Crippen LogP contribution in [0.3, 0.4) is 0 Å². The molecule has 2 nitrogen and oxygen atoms in total. The summed E-state index contributed by atoms with van der Waals surface area (Å²) < 4.78 is 40.6. The molecule has 0 aromatic carbocycles. The van der Waals surface area contributed by atoms with Crippen LogP contribution in [0.5, 0.6) is 0 Å². The number of ether oxygens (including phenoxy) is 1. The highest BCUT2D eigenvalue weighted by Crippen LogP contribution is 2.20. The number of hydrogen-bond acceptors (Lipinski definition) is 2. The van der Waals surface area contributed by atoms with E-state index in [-0.39, 0.29) is 13.0 Å². The molecule has 0 atom stereocenters. The number of alkyl halides is 3. The van der Waals surface area contributed by atoms with Gasteiger partial charge in [-0.25, -0.2) is 0 Å². The van der Waals surface area contributed by atoms with Crippen molar-refractivity contribution in [3.63, 3.8) is 0 Å². The van der Waals surface area contributed by atoms with E-state index in [0.29, 0.717) is 12.5 Å². The molecule has 19 heavy (non-hydrogen) atoms. The van der Waals surface area contributed by atoms with Crippen LogP contribution in [-0.2, 0) is 4.74 Å². The van der Waals surface area contributed by atoms with E-state index in [4.69, 9.17) is 4.74 Å². The summed E-state index contributed by atoms with van der Waals surface area (Å²) in [5.74, 6) is 0.685. The SMILES string of the molecule is CC(C)CNCCCCCCOCCCC(F)(F)F. The zero-order valence-electron chi connectivity index (χ0n) is 12.2. The average molecular weight is 283 g/mol. The number of halogens is 3. The summed E-state index contributed by atoms with van der Waals surface area (Å²) >= 11 is 0. The zero-order chi connectivity index (χ0) is 14.6. The normalized spacial score (nSPS) is 12.3. The van der Waals surface area contributed by atoms with E-state index in [9.17, 15) is 13.2 Å². The molecule has 0 heterocycles. The molecule has 0 spiro atoms. The summed E-state index contributed by atoms with van der Waals surface area (Å²) in [5, 5.41) is 3.38. The molecule has 0 unspecified atom stereocenters. The fourth-order valence-electron chi connectivity index (χ4n) is 1.68. The Hall–Kier alpha value is -0.290. The molecule has 0 amide bonds. The molecular formula is C14H28F3NO. The van der Waals surface area contributed by atoms with Gasteiger partial charge in [0.2, 0.25) is 0 Å². The van der Waals surface area contributed by atoms with Gasteiger partial charge in [-0.2, -0.15) is 13.2 Å². The predicted octanol–water partition coefficient (Wildman–Crippen LogP) is 4.15. The maximum Gasteiger partial charge on any atom is 0.389 e. The molecule has 5 heteroatoms. The largest absolute Gasteiger partial charge is 0.389 e. The summed E-state index contributed by atoms with van der Waals surface area (Å²) in [5.41, 5.74) is 0. The van der Waals surface area contributed by atoms with Gasteiger partial charge in [-0.15, -0.1) is 0 Å². The van der Waals surface area contributed by atoms with Crippen LogP contribution in [0.1, 0.15) is 52.4 Å². The Balaban J connectivity index is 3.03. The Morgan fingerprint density at radius 2 is 1.58 bits per heavy atom. The predicted molar refractivity (Wildman–Crippen MR) is 72.3 cm³/mol. The Morgan fingerprint density at radius 3 is 2.21 bits per heavy atom. The van der Waals surface area contributed by atoms with Gasteiger partial charge in [-0.3, -0.25) is 0 Å². The Bertz CT molecular complexity index is 196. The molecule has 0 aliphatic heterocycles. The molecule has 0 fully saturated rings. The summed E-state index contributed by atoms with van der Waals surface area (Å²) in [4.78, 5) is 0. The van der Waals surface area contributed by atoms with Crippen LogP contribution in [0, 0.1) is 5.92 Å². The van der Waals surface area contributed by atoms with Crippen molar-refractivity contribution in [3.8, 4) is 0 Å². The first-order chi connectivity index (χ1) is 8.92. The van der Waals surface area contributed by atoms with Crippen molar-refractivity contribution < 1.29 is 17.9 Å². The standard InChI is InChI=1S/C14H28F3NO/c1-13(2)12-18-9-5-3-4-6-10-19-11-7-8-14(15,16)17/h13,18H,3-12H2,1-2H3. The second kappa shape index (κ2) is 11.5. The van der Waals surface area contributed by atoms with E-state index in [1.165, 1.54) is 0 Å². The van der Waals surface area contributed by atoms with Crippen LogP contribution < -0.4 is 5.32 Å². The molecule has 116 valence electrons. The third kappa shape index (κ3) is 17.7. The topological polar surface area (TPSA) is 21.3 Å². The fourth-order valence-corrected chi connectivity index (χ4v) is 1.68. The minimum absolute atomic E-state index is 0.0720. The highest BCUT2D eigenvalue weighted by molar-refractivity contribution is 4.52. The highest BCUT2D eigenvalue weighted by atomic mass is 19.4. The first kappa shape index (κ1) is 18.7. The second-order valence-corrected chi connectivity index (χ2v) is 5.34. The first-order valence-corrected chi connectivity index (χ1v) is 7.27. The van der Waals surface area contributed by atoms with Gasteiger partial charge >= 0.3 is 6.18 Å². The Kier molecular flexibility index (Phi) is 11.4. The van der Waals surface area contributed by atoms with Gasteiger partial charge in [0.05, 0.1) is 0 Å². The number of hydrogen-bond donors (Lipinski definition) is 1. The maximum absolute atomic E-state index is 11.8. The maximum atomic E-state index is 11.8. The number of rotatable bonds is 12. The van der Waals surface area contributed by atoms with E-state index in [1.807, 2.05) is 0 Å². The van der Waals surface area contributed by atoms with Crippen molar-refractivity contribution in [2.45, 2.75) is 58.5 Å². The molecule has 0 aliphatic carbocycles. The van der Waals surface area contributed by atoms with E-state index in [1.54, 1.807) is 0 Å². The molecule has 0 bridgehead atoms. The monoisotopic (exact) mass is 283 g/mol. The van der Waals surface area contributed by atoms with Crippen molar-refractivity contribution in [2.24, 2.45) is 5.92 Å². The van der Waals surface area contributed by atoms with Crippen LogP contribution in [0.2, 0.25) is 0 Å². The molecule has 0 aromatic heterocycles. The summed E-state index contributed by atoms with van der Waals surface area (Å²) in [7, 11) is 0. The lowest BCUT2D eigenvalue weighted by atomic mass is 10.2. The Morgan fingerprint density at radius 1 is 0.947 bits per heavy atom. The molecule has 0 aliphatic rings. The van der Waals surface area contributed by atoms with Crippen molar-refractivity contribution >= 4 is 0 Å². The van der Waals surface area contributed by atoms with E-state index >= 15 is 0 Å². The van der Waals surface area contributed by atoms with Crippen molar-refractivity contribution in [1.29, 1.82) is 0 Å². The van der Waals surface area contributed by atoms with Crippen LogP contribution in [0.15, 0.2) is 0 Å². The third-order valence-electron chi connectivity index (χ3n) is 2.69. The van der Waals surface area contributed by atoms with Gasteiger partial charge in [-0.05, 0) is 38.3 Å². The van der Waals surface area contributed by atoms with Crippen LogP contribution in [-0.4, -0.2) is 32.5 Å². The van der Waals surface area contributed by atoms with Crippen molar-refractivity contribution in [2.75, 3.05) is 26.3 Å². The van der Waals surface area contributed by atoms with Crippen molar-refractivity contribution in [1.82, 2.24) is 5.32 Å². The quantitative estimate of drug-likeness (QED) is 0.543. The summed E-state index contributed by atoms with van der Waals surface area (Å²) in [6.07, 6.45) is -0.389. The van der Waals surface area contributed by atoms with Crippen LogP contribution in [0.4, 0.5) is 13.2 Å². The first-order valence-electron chi connectivity index (χ1n) is 7.27. The fraction of sp³-hybridized carbons (Fsp3) is 1.00. The molecule has 0 saturated heterocycles. The van der Waals surface area contributed by atoms with E-state index < -0.39 is 12.6 Å². The van der Waals surface area contributed by atoms with Gasteiger partial charge in [0.25, 0.3) is 0 Å². The minimum atomic E-state index is -4.05. The lowest BCUT2D eigenvalue weighted by molar-refractivity contribution is -0.137. The average Bonchev–Trinajstić information content (AvgIpc) is 2.28. The molecule has 0 saturated carbocycles. The smallest absolute Gasteiger partial charge is 0.381 e. The second-order valence-electron chi connectivity index (χ2n) is 5.34. The van der Waals surface area contributed by atoms with E-state index in [2.05, 4.69) is 19.2 Å².